The fourth-order valence-corrected chi connectivity index (χ4v) is 2.21. The molecule has 6 heteroatoms. The molecule has 1 fully saturated rings. The van der Waals surface area contributed by atoms with Crippen molar-refractivity contribution in [1.29, 1.82) is 0 Å². The molecule has 1 amide bonds. The van der Waals surface area contributed by atoms with Crippen LogP contribution in [-0.4, -0.2) is 44.9 Å². The van der Waals surface area contributed by atoms with Crippen LogP contribution in [0, 0.1) is 6.92 Å². The van der Waals surface area contributed by atoms with Crippen molar-refractivity contribution in [2.24, 2.45) is 0 Å². The van der Waals surface area contributed by atoms with Crippen LogP contribution in [0.4, 0.5) is 4.79 Å². The molecule has 0 saturated carbocycles. The van der Waals surface area contributed by atoms with Crippen LogP contribution in [0.25, 0.3) is 0 Å². The molecule has 0 aromatic carbocycles. The molecular weight excluding hydrogens is 244 g/mol. The first-order valence-corrected chi connectivity index (χ1v) is 6.72. The number of rotatable bonds is 1. The number of aryl methyl sites for hydroxylation is 1. The average molecular weight is 266 g/mol. The van der Waals surface area contributed by atoms with E-state index in [1.165, 1.54) is 0 Å². The zero-order chi connectivity index (χ0) is 14.0. The van der Waals surface area contributed by atoms with Crippen molar-refractivity contribution in [2.75, 3.05) is 13.1 Å². The SMILES string of the molecule is Cc1nnc(C2CCN(C(=O)OC(C)(C)C)CC2)[nH]1. The van der Waals surface area contributed by atoms with Crippen molar-refractivity contribution in [3.05, 3.63) is 11.6 Å². The van der Waals surface area contributed by atoms with E-state index in [9.17, 15) is 4.79 Å². The Morgan fingerprint density at radius 2 is 1.95 bits per heavy atom. The van der Waals surface area contributed by atoms with Gasteiger partial charge in [0.2, 0.25) is 0 Å². The third kappa shape index (κ3) is 3.68. The minimum Gasteiger partial charge on any atom is -0.444 e. The van der Waals surface area contributed by atoms with Gasteiger partial charge in [0, 0.05) is 19.0 Å². The Morgan fingerprint density at radius 3 is 2.42 bits per heavy atom. The normalized spacial score (nSPS) is 17.6. The van der Waals surface area contributed by atoms with Crippen LogP contribution < -0.4 is 0 Å². The number of ether oxygens (including phenoxy) is 1. The minimum absolute atomic E-state index is 0.222. The molecule has 1 aromatic rings. The number of hydrogen-bond donors (Lipinski definition) is 1. The maximum Gasteiger partial charge on any atom is 0.410 e. The second-order valence-electron chi connectivity index (χ2n) is 6.04. The Labute approximate surface area is 113 Å². The zero-order valence-electron chi connectivity index (χ0n) is 12.1. The highest BCUT2D eigenvalue weighted by Crippen LogP contribution is 2.26. The van der Waals surface area contributed by atoms with Crippen molar-refractivity contribution in [3.8, 4) is 0 Å². The number of amides is 1. The zero-order valence-corrected chi connectivity index (χ0v) is 12.1. The van der Waals surface area contributed by atoms with Crippen LogP contribution >= 0.6 is 0 Å². The quantitative estimate of drug-likeness (QED) is 0.846. The van der Waals surface area contributed by atoms with Gasteiger partial charge < -0.3 is 14.6 Å². The van der Waals surface area contributed by atoms with Gasteiger partial charge in [0.15, 0.2) is 0 Å². The highest BCUT2D eigenvalue weighted by Gasteiger charge is 2.28. The van der Waals surface area contributed by atoms with Crippen molar-refractivity contribution >= 4 is 6.09 Å². The topological polar surface area (TPSA) is 71.1 Å². The molecule has 0 unspecified atom stereocenters. The van der Waals surface area contributed by atoms with Crippen molar-refractivity contribution in [2.45, 2.75) is 52.1 Å². The van der Waals surface area contributed by atoms with E-state index in [-0.39, 0.29) is 6.09 Å². The molecule has 1 aliphatic heterocycles. The Hall–Kier alpha value is -1.59. The largest absolute Gasteiger partial charge is 0.444 e. The fourth-order valence-electron chi connectivity index (χ4n) is 2.21. The molecule has 0 atom stereocenters. The third-order valence-corrected chi connectivity index (χ3v) is 3.15. The van der Waals surface area contributed by atoms with Gasteiger partial charge in [-0.05, 0) is 40.5 Å². The molecule has 1 aliphatic rings. The molecule has 0 aliphatic carbocycles. The van der Waals surface area contributed by atoms with Gasteiger partial charge in [0.1, 0.15) is 17.2 Å². The lowest BCUT2D eigenvalue weighted by Crippen LogP contribution is -2.41. The van der Waals surface area contributed by atoms with Gasteiger partial charge in [0.05, 0.1) is 0 Å². The first-order chi connectivity index (χ1) is 8.85. The fraction of sp³-hybridized carbons (Fsp3) is 0.769. The van der Waals surface area contributed by atoms with Gasteiger partial charge in [-0.1, -0.05) is 0 Å². The summed E-state index contributed by atoms with van der Waals surface area (Å²) in [5.41, 5.74) is -0.435. The highest BCUT2D eigenvalue weighted by atomic mass is 16.6. The van der Waals surface area contributed by atoms with Crippen LogP contribution in [0.5, 0.6) is 0 Å². The molecule has 2 heterocycles. The predicted octanol–water partition coefficient (Wildman–Crippen LogP) is 2.23. The number of piperidine rings is 1. The lowest BCUT2D eigenvalue weighted by atomic mass is 9.96. The number of hydrogen-bond acceptors (Lipinski definition) is 4. The summed E-state index contributed by atoms with van der Waals surface area (Å²) in [6, 6.07) is 0. The lowest BCUT2D eigenvalue weighted by Gasteiger charge is -2.32. The summed E-state index contributed by atoms with van der Waals surface area (Å²) < 4.78 is 5.37. The van der Waals surface area contributed by atoms with Gasteiger partial charge in [-0.3, -0.25) is 0 Å². The van der Waals surface area contributed by atoms with Gasteiger partial charge in [-0.15, -0.1) is 10.2 Å². The van der Waals surface area contributed by atoms with E-state index in [2.05, 4.69) is 15.2 Å². The lowest BCUT2D eigenvalue weighted by molar-refractivity contribution is 0.0203. The van der Waals surface area contributed by atoms with Gasteiger partial charge >= 0.3 is 6.09 Å². The standard InChI is InChI=1S/C13H22N4O2/c1-9-14-11(16-15-9)10-5-7-17(8-6-10)12(18)19-13(2,3)4/h10H,5-8H2,1-4H3,(H,14,15,16). The molecule has 106 valence electrons. The second-order valence-corrected chi connectivity index (χ2v) is 6.04. The molecule has 1 N–H and O–H groups in total. The average Bonchev–Trinajstić information content (AvgIpc) is 2.74. The van der Waals surface area contributed by atoms with Crippen molar-refractivity contribution in [3.63, 3.8) is 0 Å². The number of carbonyl (C=O) groups excluding carboxylic acids is 1. The van der Waals surface area contributed by atoms with E-state index in [4.69, 9.17) is 4.74 Å². The van der Waals surface area contributed by atoms with Crippen LogP contribution in [0.1, 0.15) is 51.2 Å². The number of aromatic nitrogens is 3. The van der Waals surface area contributed by atoms with Gasteiger partial charge in [-0.2, -0.15) is 0 Å². The van der Waals surface area contributed by atoms with E-state index >= 15 is 0 Å². The predicted molar refractivity (Wildman–Crippen MR) is 70.9 cm³/mol. The summed E-state index contributed by atoms with van der Waals surface area (Å²) in [6.45, 7) is 8.96. The summed E-state index contributed by atoms with van der Waals surface area (Å²) in [4.78, 5) is 16.9. The van der Waals surface area contributed by atoms with Crippen LogP contribution in [0.15, 0.2) is 0 Å². The molecule has 1 saturated heterocycles. The van der Waals surface area contributed by atoms with Crippen molar-refractivity contribution in [1.82, 2.24) is 20.1 Å². The van der Waals surface area contributed by atoms with Crippen LogP contribution in [0.3, 0.4) is 0 Å². The molecule has 1 aromatic heterocycles. The monoisotopic (exact) mass is 266 g/mol. The first-order valence-electron chi connectivity index (χ1n) is 6.72. The summed E-state index contributed by atoms with van der Waals surface area (Å²) in [5, 5.41) is 8.11. The van der Waals surface area contributed by atoms with E-state index in [0.29, 0.717) is 19.0 Å². The second kappa shape index (κ2) is 5.19. The summed E-state index contributed by atoms with van der Waals surface area (Å²) in [7, 11) is 0. The maximum atomic E-state index is 11.9. The number of H-pyrrole nitrogens is 1. The van der Waals surface area contributed by atoms with E-state index < -0.39 is 5.60 Å². The first kappa shape index (κ1) is 13.8. The third-order valence-electron chi connectivity index (χ3n) is 3.15. The molecule has 6 nitrogen and oxygen atoms in total. The number of likely N-dealkylation sites (tertiary alicyclic amines) is 1. The molecule has 0 radical (unpaired) electrons. The van der Waals surface area contributed by atoms with Crippen LogP contribution in [0.2, 0.25) is 0 Å². The Kier molecular flexibility index (Phi) is 3.78. The molecule has 0 bridgehead atoms. The molecule has 19 heavy (non-hydrogen) atoms. The smallest absolute Gasteiger partial charge is 0.410 e. The Bertz CT molecular complexity index is 442. The van der Waals surface area contributed by atoms with E-state index in [0.717, 1.165) is 24.5 Å². The van der Waals surface area contributed by atoms with Gasteiger partial charge in [0.25, 0.3) is 0 Å². The van der Waals surface area contributed by atoms with E-state index in [1.807, 2.05) is 27.7 Å². The van der Waals surface area contributed by atoms with Crippen molar-refractivity contribution < 1.29 is 9.53 Å². The Balaban J connectivity index is 1.87. The highest BCUT2D eigenvalue weighted by molar-refractivity contribution is 5.68. The number of carbonyl (C=O) groups is 1. The summed E-state index contributed by atoms with van der Waals surface area (Å²) in [5.74, 6) is 2.13. The molecular formula is C13H22N4O2. The molecule has 2 rings (SSSR count). The number of aromatic amines is 1. The van der Waals surface area contributed by atoms with E-state index in [1.54, 1.807) is 4.90 Å². The number of nitrogens with one attached hydrogen (secondary N) is 1. The summed E-state index contributed by atoms with van der Waals surface area (Å²) in [6.07, 6.45) is 1.57. The molecule has 0 spiro atoms. The van der Waals surface area contributed by atoms with Crippen LogP contribution in [-0.2, 0) is 4.74 Å². The minimum atomic E-state index is -0.435. The summed E-state index contributed by atoms with van der Waals surface area (Å²) >= 11 is 0. The van der Waals surface area contributed by atoms with Gasteiger partial charge in [-0.25, -0.2) is 4.79 Å². The Morgan fingerprint density at radius 1 is 1.32 bits per heavy atom. The number of nitrogens with zero attached hydrogens (tertiary/aromatic N) is 3. The maximum absolute atomic E-state index is 11.9.